The molecule has 6 nitrogen and oxygen atoms in total. The molecule has 0 atom stereocenters. The minimum absolute atomic E-state index is 0.377. The largest absolute Gasteiger partial charge is 0.465 e. The van der Waals surface area contributed by atoms with Crippen LogP contribution in [0, 0.1) is 0 Å². The number of fused-ring (bicyclic) bond motifs is 6. The second-order valence-electron chi connectivity index (χ2n) is 10.2. The van der Waals surface area contributed by atoms with Crippen LogP contribution in [0.25, 0.3) is 43.8 Å². The molecule has 0 saturated carbocycles. The molecule has 1 aliphatic rings. The summed E-state index contributed by atoms with van der Waals surface area (Å²) in [5, 5.41) is 3.59. The average molecular weight is 585 g/mol. The van der Waals surface area contributed by atoms with Crippen LogP contribution >= 0.6 is 0 Å². The molecule has 210 valence electrons. The first-order chi connectivity index (χ1) is 20.9. The molecular formula is C36H24O6S. The predicted octanol–water partition coefficient (Wildman–Crippen LogP) is 8.17. The van der Waals surface area contributed by atoms with Gasteiger partial charge in [0.15, 0.2) is 0 Å². The Bertz CT molecular complexity index is 1960. The van der Waals surface area contributed by atoms with Crippen molar-refractivity contribution in [3.8, 4) is 33.8 Å². The summed E-state index contributed by atoms with van der Waals surface area (Å²) < 4.78 is 30.2. The predicted molar refractivity (Wildman–Crippen MR) is 166 cm³/mol. The summed E-state index contributed by atoms with van der Waals surface area (Å²) in [6, 6.07) is 34.2. The van der Waals surface area contributed by atoms with E-state index in [1.165, 1.54) is 14.2 Å². The molecule has 7 rings (SSSR count). The first-order valence-corrected chi connectivity index (χ1v) is 14.7. The summed E-state index contributed by atoms with van der Waals surface area (Å²) in [4.78, 5) is 24.9. The van der Waals surface area contributed by atoms with E-state index in [4.69, 9.17) is 14.2 Å². The van der Waals surface area contributed by atoms with Gasteiger partial charge in [0.05, 0.1) is 45.9 Å². The summed E-state index contributed by atoms with van der Waals surface area (Å²) in [6.45, 7) is 0. The number of ether oxygens (including phenoxy) is 3. The normalized spacial score (nSPS) is 12.3. The van der Waals surface area contributed by atoms with E-state index in [1.54, 1.807) is 24.3 Å². The molecule has 0 unspecified atom stereocenters. The Morgan fingerprint density at radius 3 is 1.33 bits per heavy atom. The minimum atomic E-state index is -1.49. The molecule has 43 heavy (non-hydrogen) atoms. The molecule has 0 spiro atoms. The summed E-state index contributed by atoms with van der Waals surface area (Å²) in [6.07, 6.45) is 0. The third kappa shape index (κ3) is 4.54. The van der Waals surface area contributed by atoms with Crippen molar-refractivity contribution in [2.45, 2.75) is 9.79 Å². The molecule has 0 aromatic heterocycles. The fourth-order valence-electron chi connectivity index (χ4n) is 5.52. The van der Waals surface area contributed by atoms with Crippen molar-refractivity contribution >= 4 is 44.3 Å². The second kappa shape index (κ2) is 10.5. The van der Waals surface area contributed by atoms with Crippen molar-refractivity contribution in [2.75, 3.05) is 14.2 Å². The summed E-state index contributed by atoms with van der Waals surface area (Å²) in [5.74, 6) is 0.403. The Morgan fingerprint density at radius 2 is 0.930 bits per heavy atom. The monoisotopic (exact) mass is 584 g/mol. The minimum Gasteiger partial charge on any atom is -0.465 e. The van der Waals surface area contributed by atoms with Gasteiger partial charge < -0.3 is 14.2 Å². The van der Waals surface area contributed by atoms with Crippen LogP contribution in [0.3, 0.4) is 0 Å². The Kier molecular flexibility index (Phi) is 6.52. The number of rotatable bonds is 4. The fraction of sp³-hybridized carbons (Fsp3) is 0.0556. The van der Waals surface area contributed by atoms with E-state index in [1.807, 2.05) is 72.8 Å². The van der Waals surface area contributed by atoms with Gasteiger partial charge in [-0.25, -0.2) is 13.8 Å². The molecule has 0 N–H and O–H groups in total. The third-order valence-electron chi connectivity index (χ3n) is 7.74. The molecule has 0 radical (unpaired) electrons. The second-order valence-corrected chi connectivity index (χ2v) is 11.5. The maximum Gasteiger partial charge on any atom is 0.337 e. The zero-order chi connectivity index (χ0) is 29.7. The number of benzene rings is 6. The van der Waals surface area contributed by atoms with Crippen LogP contribution in [0.4, 0.5) is 0 Å². The van der Waals surface area contributed by atoms with Crippen molar-refractivity contribution in [1.82, 2.24) is 0 Å². The Hall–Kier alpha value is -5.27. The van der Waals surface area contributed by atoms with E-state index < -0.39 is 10.8 Å². The highest BCUT2D eigenvalue weighted by Crippen LogP contribution is 2.47. The van der Waals surface area contributed by atoms with Crippen LogP contribution in [0.1, 0.15) is 20.7 Å². The summed E-state index contributed by atoms with van der Waals surface area (Å²) in [5.41, 5.74) is 4.84. The molecule has 0 bridgehead atoms. The van der Waals surface area contributed by atoms with E-state index in [0.29, 0.717) is 32.4 Å². The van der Waals surface area contributed by atoms with Gasteiger partial charge in [0.25, 0.3) is 0 Å². The third-order valence-corrected chi connectivity index (χ3v) is 9.32. The number of methoxy groups -OCH3 is 2. The van der Waals surface area contributed by atoms with Crippen molar-refractivity contribution in [3.63, 3.8) is 0 Å². The first kappa shape index (κ1) is 26.6. The molecule has 6 aromatic rings. The van der Waals surface area contributed by atoms with Gasteiger partial charge in [-0.05, 0) is 81.6 Å². The summed E-state index contributed by atoms with van der Waals surface area (Å²) >= 11 is 0. The Balaban J connectivity index is 1.26. The van der Waals surface area contributed by atoms with E-state index in [-0.39, 0.29) is 11.9 Å². The summed E-state index contributed by atoms with van der Waals surface area (Å²) in [7, 11) is 1.24. The number of hydrogen-bond acceptors (Lipinski definition) is 6. The standard InChI is InChI=1S/C36H24O6S/c1-40-35(37)23-7-3-21(4-8-23)25-11-15-29-27(19-25)13-17-31-33(29)43(39)34-30-16-12-26(20-28(30)14-18-32(34)42-31)22-5-9-24(10-6-22)36(38)41-2/h3-20H,1-2H3. The van der Waals surface area contributed by atoms with Gasteiger partial charge in [-0.1, -0.05) is 60.7 Å². The smallest absolute Gasteiger partial charge is 0.337 e. The average Bonchev–Trinajstić information content (AvgIpc) is 3.06. The number of carbonyl (C=O) groups excluding carboxylic acids is 2. The lowest BCUT2D eigenvalue weighted by molar-refractivity contribution is 0.0592. The molecule has 0 fully saturated rings. The van der Waals surface area contributed by atoms with Gasteiger partial charge in [0.1, 0.15) is 11.5 Å². The molecule has 0 saturated heterocycles. The maximum atomic E-state index is 14.2. The highest BCUT2D eigenvalue weighted by Gasteiger charge is 2.28. The molecule has 0 aliphatic carbocycles. The van der Waals surface area contributed by atoms with Crippen LogP contribution in [0.15, 0.2) is 119 Å². The SMILES string of the molecule is COC(=O)c1ccc(-c2ccc3c4c(ccc3c2)Oc2ccc3cc(-c5ccc(C(=O)OC)cc5)ccc3c2S4=O)cc1. The van der Waals surface area contributed by atoms with Crippen molar-refractivity contribution in [3.05, 3.63) is 120 Å². The van der Waals surface area contributed by atoms with Gasteiger partial charge in [-0.3, -0.25) is 0 Å². The first-order valence-electron chi connectivity index (χ1n) is 13.6. The van der Waals surface area contributed by atoms with Gasteiger partial charge in [-0.2, -0.15) is 0 Å². The van der Waals surface area contributed by atoms with Crippen molar-refractivity contribution in [2.24, 2.45) is 0 Å². The topological polar surface area (TPSA) is 78.9 Å². The maximum absolute atomic E-state index is 14.2. The highest BCUT2D eigenvalue weighted by atomic mass is 32.2. The number of hydrogen-bond donors (Lipinski definition) is 0. The lowest BCUT2D eigenvalue weighted by Gasteiger charge is -2.23. The van der Waals surface area contributed by atoms with Crippen LogP contribution in [-0.4, -0.2) is 30.4 Å². The van der Waals surface area contributed by atoms with E-state index in [2.05, 4.69) is 12.1 Å². The van der Waals surface area contributed by atoms with Crippen LogP contribution in [0.5, 0.6) is 11.5 Å². The molecule has 0 amide bonds. The van der Waals surface area contributed by atoms with E-state index in [0.717, 1.165) is 43.8 Å². The van der Waals surface area contributed by atoms with Crippen LogP contribution in [-0.2, 0) is 20.3 Å². The number of carbonyl (C=O) groups is 2. The highest BCUT2D eigenvalue weighted by molar-refractivity contribution is 7.86. The van der Waals surface area contributed by atoms with Crippen molar-refractivity contribution < 1.29 is 28.0 Å². The van der Waals surface area contributed by atoms with Crippen LogP contribution < -0.4 is 4.74 Å². The van der Waals surface area contributed by atoms with Crippen LogP contribution in [0.2, 0.25) is 0 Å². The molecular weight excluding hydrogens is 560 g/mol. The van der Waals surface area contributed by atoms with Gasteiger partial charge in [0, 0.05) is 10.8 Å². The Morgan fingerprint density at radius 1 is 0.535 bits per heavy atom. The molecule has 1 aliphatic heterocycles. The van der Waals surface area contributed by atoms with E-state index >= 15 is 0 Å². The molecule has 1 heterocycles. The number of esters is 2. The molecule has 7 heteroatoms. The van der Waals surface area contributed by atoms with Crippen molar-refractivity contribution in [1.29, 1.82) is 0 Å². The van der Waals surface area contributed by atoms with Gasteiger partial charge in [-0.15, -0.1) is 0 Å². The fourth-order valence-corrected chi connectivity index (χ4v) is 7.08. The zero-order valence-electron chi connectivity index (χ0n) is 23.3. The van der Waals surface area contributed by atoms with E-state index in [9.17, 15) is 13.8 Å². The Labute approximate surface area is 249 Å². The lowest BCUT2D eigenvalue weighted by atomic mass is 9.99. The quantitative estimate of drug-likeness (QED) is 0.194. The zero-order valence-corrected chi connectivity index (χ0v) is 24.1. The lowest BCUT2D eigenvalue weighted by Crippen LogP contribution is -2.06. The van der Waals surface area contributed by atoms with Gasteiger partial charge >= 0.3 is 11.9 Å². The van der Waals surface area contributed by atoms with Gasteiger partial charge in [0.2, 0.25) is 0 Å². The molecule has 6 aromatic carbocycles.